The average molecular weight is 998 g/mol. The SMILES string of the molecule is CCCCC/C=C\C/C=C\CCCCCCCCCCCC(=O)OC[C@H](COC(=O)CCCCCCCCCCCCCCCCCCCCC)OC(=O)CCCCCCCCC/C=C\CCCCCC. The van der Waals surface area contributed by atoms with Gasteiger partial charge in [0.1, 0.15) is 13.2 Å². The van der Waals surface area contributed by atoms with Crippen LogP contribution in [0.3, 0.4) is 0 Å². The molecule has 0 heterocycles. The van der Waals surface area contributed by atoms with Crippen molar-refractivity contribution in [3.05, 3.63) is 36.5 Å². The Labute approximate surface area is 442 Å². The third kappa shape index (κ3) is 58.4. The molecule has 0 fully saturated rings. The summed E-state index contributed by atoms with van der Waals surface area (Å²) >= 11 is 0. The van der Waals surface area contributed by atoms with E-state index in [0.29, 0.717) is 19.3 Å². The summed E-state index contributed by atoms with van der Waals surface area (Å²) in [7, 11) is 0. The monoisotopic (exact) mass is 997 g/mol. The maximum atomic E-state index is 12.9. The van der Waals surface area contributed by atoms with Crippen molar-refractivity contribution in [1.29, 1.82) is 0 Å². The van der Waals surface area contributed by atoms with Gasteiger partial charge in [0.05, 0.1) is 0 Å². The average Bonchev–Trinajstić information content (AvgIpc) is 3.37. The minimum absolute atomic E-state index is 0.0709. The highest BCUT2D eigenvalue weighted by molar-refractivity contribution is 5.71. The molecule has 0 spiro atoms. The molecule has 0 aromatic rings. The molecule has 6 heteroatoms. The van der Waals surface area contributed by atoms with E-state index in [1.807, 2.05) is 0 Å². The zero-order chi connectivity index (χ0) is 51.4. The van der Waals surface area contributed by atoms with Gasteiger partial charge < -0.3 is 14.2 Å². The summed E-state index contributed by atoms with van der Waals surface area (Å²) in [5, 5.41) is 0. The lowest BCUT2D eigenvalue weighted by molar-refractivity contribution is -0.167. The van der Waals surface area contributed by atoms with E-state index in [1.54, 1.807) is 0 Å². The molecule has 0 aromatic carbocycles. The van der Waals surface area contributed by atoms with Crippen molar-refractivity contribution in [2.45, 2.75) is 348 Å². The first kappa shape index (κ1) is 68.6. The maximum Gasteiger partial charge on any atom is 0.306 e. The summed E-state index contributed by atoms with van der Waals surface area (Å²) in [6, 6.07) is 0. The van der Waals surface area contributed by atoms with Gasteiger partial charge in [-0.15, -0.1) is 0 Å². The molecule has 0 N–H and O–H groups in total. The molecule has 0 saturated carbocycles. The molecular formula is C65H120O6. The van der Waals surface area contributed by atoms with Gasteiger partial charge in [0, 0.05) is 19.3 Å². The first-order valence-corrected chi connectivity index (χ1v) is 31.5. The molecule has 0 unspecified atom stereocenters. The third-order valence-electron chi connectivity index (χ3n) is 14.1. The first-order chi connectivity index (χ1) is 35.0. The number of hydrogen-bond acceptors (Lipinski definition) is 6. The normalized spacial score (nSPS) is 12.2. The Morgan fingerprint density at radius 2 is 0.507 bits per heavy atom. The van der Waals surface area contributed by atoms with Gasteiger partial charge in [0.25, 0.3) is 0 Å². The van der Waals surface area contributed by atoms with Crippen LogP contribution in [0.2, 0.25) is 0 Å². The zero-order valence-corrected chi connectivity index (χ0v) is 47.8. The summed E-state index contributed by atoms with van der Waals surface area (Å²) in [6.07, 6.45) is 72.8. The third-order valence-corrected chi connectivity index (χ3v) is 14.1. The van der Waals surface area contributed by atoms with E-state index in [9.17, 15) is 14.4 Å². The van der Waals surface area contributed by atoms with E-state index in [0.717, 1.165) is 64.2 Å². The van der Waals surface area contributed by atoms with Crippen molar-refractivity contribution in [2.24, 2.45) is 0 Å². The van der Waals surface area contributed by atoms with Gasteiger partial charge in [0.2, 0.25) is 0 Å². The highest BCUT2D eigenvalue weighted by Gasteiger charge is 2.19. The van der Waals surface area contributed by atoms with E-state index in [-0.39, 0.29) is 31.1 Å². The highest BCUT2D eigenvalue weighted by Crippen LogP contribution is 2.17. The topological polar surface area (TPSA) is 78.9 Å². The molecule has 1 atom stereocenters. The predicted octanol–water partition coefficient (Wildman–Crippen LogP) is 21.2. The Kier molecular flexibility index (Phi) is 58.2. The van der Waals surface area contributed by atoms with Crippen LogP contribution in [-0.4, -0.2) is 37.2 Å². The molecule has 71 heavy (non-hydrogen) atoms. The van der Waals surface area contributed by atoms with Crippen LogP contribution in [-0.2, 0) is 28.6 Å². The smallest absolute Gasteiger partial charge is 0.306 e. The maximum absolute atomic E-state index is 12.9. The minimum atomic E-state index is -0.774. The zero-order valence-electron chi connectivity index (χ0n) is 47.8. The Hall–Kier alpha value is -2.37. The largest absolute Gasteiger partial charge is 0.462 e. The molecule has 0 aromatic heterocycles. The standard InChI is InChI=1S/C65H120O6/c1-4-7-10-13-16-19-22-25-28-30-32-34-37-39-42-45-48-51-54-57-63(66)69-60-62(71-65(68)59-56-53-50-47-44-41-36-27-24-21-18-15-12-9-6-3)61-70-64(67)58-55-52-49-46-43-40-38-35-33-31-29-26-23-20-17-14-11-8-5-2/h16,19,21,24-25,28,62H,4-15,17-18,20,22-23,26-27,29-61H2,1-3H3/b19-16-,24-21-,28-25-/t62-/m1/s1. The van der Waals surface area contributed by atoms with Gasteiger partial charge in [-0.1, -0.05) is 282 Å². The molecule has 6 nitrogen and oxygen atoms in total. The molecule has 0 amide bonds. The second-order valence-electron chi connectivity index (χ2n) is 21.3. The first-order valence-electron chi connectivity index (χ1n) is 31.5. The molecular weight excluding hydrogens is 877 g/mol. The summed E-state index contributed by atoms with van der Waals surface area (Å²) in [6.45, 7) is 6.65. The second kappa shape index (κ2) is 60.2. The number of rotatable bonds is 58. The van der Waals surface area contributed by atoms with Gasteiger partial charge in [-0.3, -0.25) is 14.4 Å². The Morgan fingerprint density at radius 3 is 0.831 bits per heavy atom. The number of carbonyl (C=O) groups excluding carboxylic acids is 3. The van der Waals surface area contributed by atoms with Crippen molar-refractivity contribution >= 4 is 17.9 Å². The van der Waals surface area contributed by atoms with Gasteiger partial charge in [-0.25, -0.2) is 0 Å². The van der Waals surface area contributed by atoms with Crippen LogP contribution in [0.15, 0.2) is 36.5 Å². The van der Waals surface area contributed by atoms with Crippen molar-refractivity contribution in [2.75, 3.05) is 13.2 Å². The highest BCUT2D eigenvalue weighted by atomic mass is 16.6. The van der Waals surface area contributed by atoms with Crippen molar-refractivity contribution in [1.82, 2.24) is 0 Å². The van der Waals surface area contributed by atoms with Crippen LogP contribution in [0, 0.1) is 0 Å². The fraction of sp³-hybridized carbons (Fsp3) is 0.862. The lowest BCUT2D eigenvalue weighted by Crippen LogP contribution is -2.30. The number of ether oxygens (including phenoxy) is 3. The van der Waals surface area contributed by atoms with Crippen LogP contribution in [0.25, 0.3) is 0 Å². The van der Waals surface area contributed by atoms with Crippen LogP contribution >= 0.6 is 0 Å². The molecule has 416 valence electrons. The summed E-state index contributed by atoms with van der Waals surface area (Å²) in [5.41, 5.74) is 0. The molecule has 0 rings (SSSR count). The Balaban J connectivity index is 4.32. The predicted molar refractivity (Wildman–Crippen MR) is 307 cm³/mol. The van der Waals surface area contributed by atoms with E-state index < -0.39 is 6.10 Å². The van der Waals surface area contributed by atoms with Crippen LogP contribution in [0.5, 0.6) is 0 Å². The van der Waals surface area contributed by atoms with Crippen molar-refractivity contribution in [3.8, 4) is 0 Å². The molecule has 0 saturated heterocycles. The summed E-state index contributed by atoms with van der Waals surface area (Å²) in [4.78, 5) is 38.3. The quantitative estimate of drug-likeness (QED) is 0.0261. The van der Waals surface area contributed by atoms with Gasteiger partial charge >= 0.3 is 17.9 Å². The van der Waals surface area contributed by atoms with Gasteiger partial charge in [-0.2, -0.15) is 0 Å². The lowest BCUT2D eigenvalue weighted by atomic mass is 10.0. The minimum Gasteiger partial charge on any atom is -0.462 e. The number of esters is 3. The summed E-state index contributed by atoms with van der Waals surface area (Å²) in [5.74, 6) is -0.857. The lowest BCUT2D eigenvalue weighted by Gasteiger charge is -2.18. The number of allylic oxidation sites excluding steroid dienone is 6. The van der Waals surface area contributed by atoms with Gasteiger partial charge in [0.15, 0.2) is 6.10 Å². The van der Waals surface area contributed by atoms with Crippen LogP contribution in [0.4, 0.5) is 0 Å². The molecule has 0 aliphatic rings. The van der Waals surface area contributed by atoms with Gasteiger partial charge in [-0.05, 0) is 77.0 Å². The fourth-order valence-electron chi connectivity index (χ4n) is 9.35. The second-order valence-corrected chi connectivity index (χ2v) is 21.3. The van der Waals surface area contributed by atoms with E-state index in [1.165, 1.54) is 238 Å². The molecule has 0 aliphatic carbocycles. The number of carbonyl (C=O) groups is 3. The van der Waals surface area contributed by atoms with E-state index in [2.05, 4.69) is 57.2 Å². The number of hydrogen-bond donors (Lipinski definition) is 0. The molecule has 0 radical (unpaired) electrons. The van der Waals surface area contributed by atoms with Crippen LogP contribution < -0.4 is 0 Å². The Bertz CT molecular complexity index is 1190. The molecule has 0 bridgehead atoms. The van der Waals surface area contributed by atoms with E-state index >= 15 is 0 Å². The molecule has 0 aliphatic heterocycles. The van der Waals surface area contributed by atoms with E-state index in [4.69, 9.17) is 14.2 Å². The number of unbranched alkanes of at least 4 members (excludes halogenated alkanes) is 41. The fourth-order valence-corrected chi connectivity index (χ4v) is 9.35. The summed E-state index contributed by atoms with van der Waals surface area (Å²) < 4.78 is 16.9. The van der Waals surface area contributed by atoms with Crippen LogP contribution in [0.1, 0.15) is 342 Å². The van der Waals surface area contributed by atoms with Crippen molar-refractivity contribution in [3.63, 3.8) is 0 Å². The Morgan fingerprint density at radius 1 is 0.282 bits per heavy atom. The van der Waals surface area contributed by atoms with Crippen molar-refractivity contribution < 1.29 is 28.6 Å².